The van der Waals surface area contributed by atoms with Gasteiger partial charge in [0.2, 0.25) is 0 Å². The van der Waals surface area contributed by atoms with E-state index in [2.05, 4.69) is 32.4 Å². The number of nitrogens with one attached hydrogen (secondary N) is 1. The van der Waals surface area contributed by atoms with Crippen LogP contribution in [0.5, 0.6) is 0 Å². The molecule has 0 fully saturated rings. The van der Waals surface area contributed by atoms with E-state index in [1.165, 1.54) is 109 Å². The van der Waals surface area contributed by atoms with Gasteiger partial charge in [-0.1, -0.05) is 130 Å². The van der Waals surface area contributed by atoms with Gasteiger partial charge in [0.05, 0.1) is 6.61 Å². The number of hydroxylamine groups is 1. The molecule has 0 aromatic heterocycles. The lowest BCUT2D eigenvalue weighted by Crippen LogP contribution is -2.16. The van der Waals surface area contributed by atoms with Crippen molar-refractivity contribution in [3.63, 3.8) is 0 Å². The summed E-state index contributed by atoms with van der Waals surface area (Å²) >= 11 is 0. The van der Waals surface area contributed by atoms with Crippen LogP contribution in [0.25, 0.3) is 0 Å². The fraction of sp³-hybridized carbons (Fsp3) is 1.00. The molecule has 0 aromatic carbocycles. The lowest BCUT2D eigenvalue weighted by Gasteiger charge is -2.05. The average Bonchev–Trinajstić information content (AvgIpc) is 2.67. The number of unbranched alkanes of at least 4 members (excludes halogenated alkanes) is 16. The molecule has 0 unspecified atom stereocenters. The Balaban J connectivity index is 0. The molecule has 0 atom stereocenters. The van der Waals surface area contributed by atoms with E-state index in [0.29, 0.717) is 9.52 Å². The molecule has 0 bridgehead atoms. The predicted molar refractivity (Wildman–Crippen MR) is 129 cm³/mol. The van der Waals surface area contributed by atoms with Crippen molar-refractivity contribution in [1.29, 1.82) is 0 Å². The van der Waals surface area contributed by atoms with Crippen LogP contribution in [0.2, 0.25) is 13.1 Å². The Morgan fingerprint density at radius 2 is 0.852 bits per heavy atom. The summed E-state index contributed by atoms with van der Waals surface area (Å²) in [6.45, 7) is 10.9. The van der Waals surface area contributed by atoms with Crippen LogP contribution in [-0.4, -0.2) is 22.7 Å². The maximum atomic E-state index is 5.35. The molecule has 166 valence electrons. The summed E-state index contributed by atoms with van der Waals surface area (Å²) in [6, 6.07) is 0. The Kier molecular flexibility index (Phi) is 33.5. The molecule has 0 rings (SSSR count). The van der Waals surface area contributed by atoms with E-state index < -0.39 is 0 Å². The third-order valence-corrected chi connectivity index (χ3v) is 4.83. The molecule has 1 N–H and O–H groups in total. The van der Waals surface area contributed by atoms with Gasteiger partial charge in [-0.3, -0.25) is 0 Å². The Hall–Kier alpha value is 0.137. The van der Waals surface area contributed by atoms with Crippen molar-refractivity contribution < 1.29 is 4.84 Å². The highest BCUT2D eigenvalue weighted by molar-refractivity contribution is 6.31. The first-order valence-corrected chi connectivity index (χ1v) is 15.5. The summed E-state index contributed by atoms with van der Waals surface area (Å²) in [5, 5.41) is 0. The van der Waals surface area contributed by atoms with E-state index in [0.717, 1.165) is 19.6 Å². The van der Waals surface area contributed by atoms with Crippen LogP contribution in [0.4, 0.5) is 0 Å². The van der Waals surface area contributed by atoms with Crippen molar-refractivity contribution in [1.82, 2.24) is 5.48 Å². The minimum absolute atomic E-state index is 0.417. The highest BCUT2D eigenvalue weighted by atomic mass is 28.2. The largest absolute Gasteiger partial charge is 0.302 e. The molecular formula is C24H55NOSi. The Labute approximate surface area is 175 Å². The van der Waals surface area contributed by atoms with Crippen LogP contribution in [-0.2, 0) is 4.84 Å². The molecule has 0 aliphatic heterocycles. The van der Waals surface area contributed by atoms with Gasteiger partial charge in [0.25, 0.3) is 0 Å². The standard InChI is InChI=1S/C22H47NO.C2H8Si/c1-3-5-7-8-9-10-11-12-13-14-15-16-17-18-19-20-21-23-24-22-6-4-2;1-3-2/h23H,3-22H2,1-2H3;3H2,1-2H3. The lowest BCUT2D eigenvalue weighted by molar-refractivity contribution is 0.0384. The highest BCUT2D eigenvalue weighted by Crippen LogP contribution is 2.13. The zero-order valence-electron chi connectivity index (χ0n) is 19.8. The monoisotopic (exact) mass is 401 g/mol. The van der Waals surface area contributed by atoms with E-state index >= 15 is 0 Å². The van der Waals surface area contributed by atoms with Gasteiger partial charge in [-0.2, -0.15) is 0 Å². The van der Waals surface area contributed by atoms with Crippen LogP contribution in [0.3, 0.4) is 0 Å². The number of hydrogen-bond acceptors (Lipinski definition) is 2. The van der Waals surface area contributed by atoms with E-state index in [1.54, 1.807) is 0 Å². The van der Waals surface area contributed by atoms with Crippen LogP contribution in [0, 0.1) is 0 Å². The number of hydrogen-bond donors (Lipinski definition) is 1. The van der Waals surface area contributed by atoms with Crippen molar-refractivity contribution in [2.24, 2.45) is 0 Å². The maximum Gasteiger partial charge on any atom is 0.0682 e. The molecule has 0 radical (unpaired) electrons. The van der Waals surface area contributed by atoms with Crippen molar-refractivity contribution in [3.8, 4) is 0 Å². The van der Waals surface area contributed by atoms with Gasteiger partial charge in [0.1, 0.15) is 0 Å². The highest BCUT2D eigenvalue weighted by Gasteiger charge is 1.95. The van der Waals surface area contributed by atoms with Gasteiger partial charge in [-0.25, -0.2) is 5.48 Å². The zero-order valence-corrected chi connectivity index (χ0v) is 21.2. The second-order valence-corrected chi connectivity index (χ2v) is 9.52. The van der Waals surface area contributed by atoms with Gasteiger partial charge in [-0.05, 0) is 12.8 Å². The average molecular weight is 402 g/mol. The first kappa shape index (κ1) is 29.3. The van der Waals surface area contributed by atoms with Crippen LogP contribution >= 0.6 is 0 Å². The maximum absolute atomic E-state index is 5.35. The quantitative estimate of drug-likeness (QED) is 0.120. The second-order valence-electron chi connectivity index (χ2n) is 8.11. The molecule has 3 heteroatoms. The first-order chi connectivity index (χ1) is 13.3. The van der Waals surface area contributed by atoms with Crippen molar-refractivity contribution in [2.45, 2.75) is 143 Å². The fourth-order valence-corrected chi connectivity index (χ4v) is 3.11. The topological polar surface area (TPSA) is 21.3 Å². The summed E-state index contributed by atoms with van der Waals surface area (Å²) in [5.74, 6) is 0. The smallest absolute Gasteiger partial charge is 0.0682 e. The van der Waals surface area contributed by atoms with Gasteiger partial charge in [0.15, 0.2) is 0 Å². The molecule has 0 saturated carbocycles. The summed E-state index contributed by atoms with van der Waals surface area (Å²) in [4.78, 5) is 5.35. The number of rotatable bonds is 21. The molecule has 0 aromatic rings. The van der Waals surface area contributed by atoms with E-state index in [-0.39, 0.29) is 0 Å². The summed E-state index contributed by atoms with van der Waals surface area (Å²) < 4.78 is 0. The van der Waals surface area contributed by atoms with Gasteiger partial charge in [0, 0.05) is 16.1 Å². The normalized spacial score (nSPS) is 10.7. The Bertz CT molecular complexity index is 204. The van der Waals surface area contributed by atoms with E-state index in [9.17, 15) is 0 Å². The zero-order chi connectivity index (χ0) is 20.3. The first-order valence-electron chi connectivity index (χ1n) is 12.7. The molecule has 2 nitrogen and oxygen atoms in total. The molecule has 0 aliphatic carbocycles. The summed E-state index contributed by atoms with van der Waals surface area (Å²) in [6.07, 6.45) is 25.2. The third kappa shape index (κ3) is 34.1. The van der Waals surface area contributed by atoms with Crippen molar-refractivity contribution in [2.75, 3.05) is 13.2 Å². The SMILES string of the molecule is CCCCCCCCCCCCCCCCCCNOCCCC.C[SiH2]C. The predicted octanol–water partition coefficient (Wildman–Crippen LogP) is 7.82. The Morgan fingerprint density at radius 3 is 1.22 bits per heavy atom. The van der Waals surface area contributed by atoms with E-state index in [1.807, 2.05) is 0 Å². The molecule has 0 heterocycles. The van der Waals surface area contributed by atoms with E-state index in [4.69, 9.17) is 4.84 Å². The second kappa shape index (κ2) is 30.9. The molecule has 0 spiro atoms. The minimum atomic E-state index is 0.417. The molecule has 27 heavy (non-hydrogen) atoms. The summed E-state index contributed by atoms with van der Waals surface area (Å²) in [5.41, 5.74) is 3.07. The fourth-order valence-electron chi connectivity index (χ4n) is 3.11. The van der Waals surface area contributed by atoms with Gasteiger partial charge < -0.3 is 4.84 Å². The van der Waals surface area contributed by atoms with Crippen LogP contribution < -0.4 is 5.48 Å². The minimum Gasteiger partial charge on any atom is -0.302 e. The molecular weight excluding hydrogens is 346 g/mol. The van der Waals surface area contributed by atoms with Crippen molar-refractivity contribution in [3.05, 3.63) is 0 Å². The Morgan fingerprint density at radius 1 is 0.519 bits per heavy atom. The third-order valence-electron chi connectivity index (χ3n) is 4.83. The van der Waals surface area contributed by atoms with Crippen LogP contribution in [0.15, 0.2) is 0 Å². The lowest BCUT2D eigenvalue weighted by atomic mass is 10.0. The molecule has 0 saturated heterocycles. The van der Waals surface area contributed by atoms with Gasteiger partial charge in [-0.15, -0.1) is 0 Å². The summed E-state index contributed by atoms with van der Waals surface area (Å²) in [7, 11) is 0.417. The molecule has 0 amide bonds. The van der Waals surface area contributed by atoms with Crippen molar-refractivity contribution >= 4 is 9.52 Å². The molecule has 0 aliphatic rings. The van der Waals surface area contributed by atoms with Gasteiger partial charge >= 0.3 is 0 Å². The van der Waals surface area contributed by atoms with Crippen LogP contribution in [0.1, 0.15) is 129 Å².